The number of carbonyl (C=O) groups is 2. The van der Waals surface area contributed by atoms with Gasteiger partial charge in [-0.25, -0.2) is 8.42 Å². The van der Waals surface area contributed by atoms with Crippen molar-refractivity contribution in [2.75, 3.05) is 26.4 Å². The van der Waals surface area contributed by atoms with Gasteiger partial charge in [0.25, 0.3) is 0 Å². The molecule has 8 nitrogen and oxygen atoms in total. The fourth-order valence-corrected chi connectivity index (χ4v) is 8.33. The highest BCUT2D eigenvalue weighted by atomic mass is 32.2. The molecule has 0 amide bonds. The van der Waals surface area contributed by atoms with Crippen molar-refractivity contribution in [2.24, 2.45) is 0 Å². The number of rotatable bonds is 40. The monoisotopic (exact) mass is 867 g/mol. The maximum Gasteiger partial charge on any atom is 0.306 e. The standard InChI is InChI=1S/C52H82O8S/c1-3-5-7-9-11-13-15-17-19-21-23-25-27-29-31-33-51(53)59-45-43-57-47-35-39-49(40-36-47)61(55,56)50-41-37-48(38-42-50)58-44-46-60-52(54)34-32-30-28-26-24-22-20-18-16-14-12-10-8-6-4-2/h27-30,35-42H,3-26,31-34,43-46H2,1-2H3/b29-27+,30-28+. The lowest BCUT2D eigenvalue weighted by molar-refractivity contribution is -0.145. The highest BCUT2D eigenvalue weighted by molar-refractivity contribution is 7.91. The van der Waals surface area contributed by atoms with Gasteiger partial charge in [0, 0.05) is 12.8 Å². The van der Waals surface area contributed by atoms with Crippen molar-refractivity contribution in [3.8, 4) is 11.5 Å². The number of hydrogen-bond acceptors (Lipinski definition) is 8. The van der Waals surface area contributed by atoms with Crippen LogP contribution >= 0.6 is 0 Å². The minimum atomic E-state index is -3.76. The molecule has 61 heavy (non-hydrogen) atoms. The Morgan fingerprint density at radius 3 is 1.03 bits per heavy atom. The molecule has 0 heterocycles. The van der Waals surface area contributed by atoms with E-state index in [2.05, 4.69) is 38.2 Å². The van der Waals surface area contributed by atoms with Crippen LogP contribution in [-0.4, -0.2) is 46.8 Å². The summed E-state index contributed by atoms with van der Waals surface area (Å²) in [6, 6.07) is 12.3. The topological polar surface area (TPSA) is 105 Å². The van der Waals surface area contributed by atoms with E-state index >= 15 is 0 Å². The first-order valence-corrected chi connectivity index (χ1v) is 25.7. The lowest BCUT2D eigenvalue weighted by atomic mass is 10.1. The zero-order valence-electron chi connectivity index (χ0n) is 38.2. The van der Waals surface area contributed by atoms with Gasteiger partial charge in [0.1, 0.15) is 37.9 Å². The number of sulfone groups is 1. The number of allylic oxidation sites excluding steroid dienone is 4. The third-order valence-corrected chi connectivity index (χ3v) is 12.6. The van der Waals surface area contributed by atoms with Crippen LogP contribution in [0.4, 0.5) is 0 Å². The van der Waals surface area contributed by atoms with Crippen molar-refractivity contribution in [3.05, 3.63) is 72.8 Å². The first kappa shape index (κ1) is 53.5. The number of ether oxygens (including phenoxy) is 4. The summed E-state index contributed by atoms with van der Waals surface area (Å²) < 4.78 is 48.3. The van der Waals surface area contributed by atoms with Gasteiger partial charge in [-0.1, -0.05) is 167 Å². The minimum Gasteiger partial charge on any atom is -0.490 e. The van der Waals surface area contributed by atoms with Gasteiger partial charge in [-0.2, -0.15) is 0 Å². The van der Waals surface area contributed by atoms with E-state index in [1.165, 1.54) is 166 Å². The lowest BCUT2D eigenvalue weighted by Crippen LogP contribution is -2.12. The molecule has 2 aromatic rings. The van der Waals surface area contributed by atoms with E-state index in [0.717, 1.165) is 12.8 Å². The van der Waals surface area contributed by atoms with Crippen LogP contribution in [0.3, 0.4) is 0 Å². The van der Waals surface area contributed by atoms with Gasteiger partial charge in [-0.3, -0.25) is 9.59 Å². The van der Waals surface area contributed by atoms with Crippen LogP contribution in [0.5, 0.6) is 11.5 Å². The molecule has 0 saturated heterocycles. The van der Waals surface area contributed by atoms with Gasteiger partial charge >= 0.3 is 11.9 Å². The SMILES string of the molecule is CCCCCCCCCCCCC/C=C/CCC(=O)OCCOc1ccc(S(=O)(=O)c2ccc(OCCOC(=O)CC/C=C/CCCCCCCCCCCCC)cc2)cc1. The summed E-state index contributed by atoms with van der Waals surface area (Å²) in [7, 11) is -3.76. The van der Waals surface area contributed by atoms with Crippen LogP contribution in [-0.2, 0) is 28.9 Å². The van der Waals surface area contributed by atoms with E-state index in [9.17, 15) is 18.0 Å². The molecule has 2 aromatic carbocycles. The van der Waals surface area contributed by atoms with E-state index in [-0.39, 0.29) is 48.2 Å². The summed E-state index contributed by atoms with van der Waals surface area (Å²) in [4.78, 5) is 24.5. The number of hydrogen-bond donors (Lipinski definition) is 0. The Morgan fingerprint density at radius 2 is 0.705 bits per heavy atom. The molecule has 344 valence electrons. The van der Waals surface area contributed by atoms with Gasteiger partial charge in [-0.05, 0) is 87.1 Å². The normalized spacial score (nSPS) is 11.7. The smallest absolute Gasteiger partial charge is 0.306 e. The molecular formula is C52H82O8S. The third-order valence-electron chi connectivity index (χ3n) is 10.8. The van der Waals surface area contributed by atoms with Gasteiger partial charge in [0.15, 0.2) is 0 Å². The van der Waals surface area contributed by atoms with Gasteiger partial charge in [0.2, 0.25) is 9.84 Å². The number of esters is 2. The Kier molecular flexibility index (Phi) is 32.5. The molecule has 0 radical (unpaired) electrons. The molecule has 0 bridgehead atoms. The summed E-state index contributed by atoms with van der Waals surface area (Å²) in [5.74, 6) is 0.442. The first-order valence-electron chi connectivity index (χ1n) is 24.2. The second-order valence-electron chi connectivity index (χ2n) is 16.3. The molecule has 9 heteroatoms. The fraction of sp³-hybridized carbons (Fsp3) is 0.654. The van der Waals surface area contributed by atoms with Crippen molar-refractivity contribution in [1.82, 2.24) is 0 Å². The number of carbonyl (C=O) groups excluding carboxylic acids is 2. The molecule has 0 N–H and O–H groups in total. The molecule has 0 saturated carbocycles. The Morgan fingerprint density at radius 1 is 0.410 bits per heavy atom. The van der Waals surface area contributed by atoms with Crippen LogP contribution < -0.4 is 9.47 Å². The van der Waals surface area contributed by atoms with Crippen molar-refractivity contribution < 1.29 is 37.0 Å². The molecule has 0 aliphatic heterocycles. The molecule has 0 aliphatic rings. The van der Waals surface area contributed by atoms with E-state index in [1.54, 1.807) is 24.3 Å². The third kappa shape index (κ3) is 28.6. The maximum atomic E-state index is 13.2. The molecular weight excluding hydrogens is 785 g/mol. The predicted octanol–water partition coefficient (Wildman–Crippen LogP) is 14.4. The Hall–Kier alpha value is -3.59. The zero-order chi connectivity index (χ0) is 43.9. The summed E-state index contributed by atoms with van der Waals surface area (Å²) in [5.41, 5.74) is 0. The van der Waals surface area contributed by atoms with E-state index in [4.69, 9.17) is 18.9 Å². The average molecular weight is 867 g/mol. The molecule has 0 atom stereocenters. The van der Waals surface area contributed by atoms with Crippen molar-refractivity contribution in [3.63, 3.8) is 0 Å². The van der Waals surface area contributed by atoms with Crippen LogP contribution in [0.1, 0.15) is 194 Å². The quantitative estimate of drug-likeness (QED) is 0.0370. The predicted molar refractivity (Wildman–Crippen MR) is 250 cm³/mol. The lowest BCUT2D eigenvalue weighted by Gasteiger charge is -2.10. The fourth-order valence-electron chi connectivity index (χ4n) is 7.07. The molecule has 0 aliphatic carbocycles. The largest absolute Gasteiger partial charge is 0.490 e. The van der Waals surface area contributed by atoms with Gasteiger partial charge in [0.05, 0.1) is 9.79 Å². The maximum absolute atomic E-state index is 13.2. The van der Waals surface area contributed by atoms with E-state index in [1.807, 2.05) is 0 Å². The number of unbranched alkanes of at least 4 members (excludes halogenated alkanes) is 22. The number of benzene rings is 2. The molecule has 2 rings (SSSR count). The highest BCUT2D eigenvalue weighted by Gasteiger charge is 2.18. The average Bonchev–Trinajstić information content (AvgIpc) is 3.27. The van der Waals surface area contributed by atoms with E-state index in [0.29, 0.717) is 37.2 Å². The summed E-state index contributed by atoms with van der Waals surface area (Å²) >= 11 is 0. The van der Waals surface area contributed by atoms with Crippen LogP contribution in [0.2, 0.25) is 0 Å². The van der Waals surface area contributed by atoms with Gasteiger partial charge < -0.3 is 18.9 Å². The Labute approximate surface area is 371 Å². The molecule has 0 fully saturated rings. The second kappa shape index (κ2) is 37.0. The highest BCUT2D eigenvalue weighted by Crippen LogP contribution is 2.25. The molecule has 0 aromatic heterocycles. The first-order chi connectivity index (χ1) is 29.9. The van der Waals surface area contributed by atoms with Crippen LogP contribution in [0.25, 0.3) is 0 Å². The second-order valence-corrected chi connectivity index (χ2v) is 18.2. The van der Waals surface area contributed by atoms with Gasteiger partial charge in [-0.15, -0.1) is 0 Å². The summed E-state index contributed by atoms with van der Waals surface area (Å²) in [6.45, 7) is 5.10. The minimum absolute atomic E-state index is 0.120. The Bertz CT molecular complexity index is 1420. The Balaban J connectivity index is 1.49. The van der Waals surface area contributed by atoms with Crippen molar-refractivity contribution >= 4 is 21.8 Å². The summed E-state index contributed by atoms with van der Waals surface area (Å²) in [6.07, 6.45) is 42.0. The van der Waals surface area contributed by atoms with Crippen molar-refractivity contribution in [1.29, 1.82) is 0 Å². The van der Waals surface area contributed by atoms with E-state index < -0.39 is 9.84 Å². The molecule has 0 unspecified atom stereocenters. The van der Waals surface area contributed by atoms with Crippen LogP contribution in [0.15, 0.2) is 82.6 Å². The zero-order valence-corrected chi connectivity index (χ0v) is 39.0. The summed E-state index contributed by atoms with van der Waals surface area (Å²) in [5, 5.41) is 0. The molecule has 0 spiro atoms. The van der Waals surface area contributed by atoms with Crippen LogP contribution in [0, 0.1) is 0 Å². The van der Waals surface area contributed by atoms with Crippen molar-refractivity contribution in [2.45, 2.75) is 203 Å².